The number of rotatable bonds is 2. The molecular weight excluding hydrogens is 220 g/mol. The Morgan fingerprint density at radius 1 is 1.47 bits per heavy atom. The lowest BCUT2D eigenvalue weighted by atomic mass is 9.87. The maximum absolute atomic E-state index is 12.0. The smallest absolute Gasteiger partial charge is 0.342 e. The van der Waals surface area contributed by atoms with Crippen LogP contribution in [0.1, 0.15) is 52.5 Å². The molecule has 0 radical (unpaired) electrons. The molecule has 0 spiro atoms. The molecule has 1 aliphatic carbocycles. The topological polar surface area (TPSA) is 56.5 Å². The van der Waals surface area contributed by atoms with E-state index in [-0.39, 0.29) is 11.7 Å². The molecule has 1 aromatic heterocycles. The zero-order valence-electron chi connectivity index (χ0n) is 10.3. The number of carbonyl (C=O) groups is 2. The molecule has 0 bridgehead atoms. The predicted molar refractivity (Wildman–Crippen MR) is 61.2 cm³/mol. The van der Waals surface area contributed by atoms with Crippen molar-refractivity contribution in [3.8, 4) is 0 Å². The van der Waals surface area contributed by atoms with Crippen LogP contribution in [-0.2, 0) is 11.2 Å². The molecule has 0 N–H and O–H groups in total. The molecule has 4 nitrogen and oxygen atoms in total. The van der Waals surface area contributed by atoms with E-state index >= 15 is 0 Å². The lowest BCUT2D eigenvalue weighted by Crippen LogP contribution is -2.19. The maximum atomic E-state index is 12.0. The van der Waals surface area contributed by atoms with Gasteiger partial charge in [0.1, 0.15) is 17.1 Å². The molecule has 92 valence electrons. The highest BCUT2D eigenvalue weighted by Crippen LogP contribution is 2.32. The number of esters is 1. The first-order chi connectivity index (χ1) is 8.04. The molecule has 0 aromatic carbocycles. The molecule has 1 atom stereocenters. The Morgan fingerprint density at radius 3 is 2.82 bits per heavy atom. The van der Waals surface area contributed by atoms with Crippen molar-refractivity contribution in [1.82, 2.24) is 0 Å². The Morgan fingerprint density at radius 2 is 2.18 bits per heavy atom. The molecule has 2 rings (SSSR count). The van der Waals surface area contributed by atoms with Crippen LogP contribution >= 0.6 is 0 Å². The fourth-order valence-corrected chi connectivity index (χ4v) is 2.30. The first kappa shape index (κ1) is 11.9. The standard InChI is InChI=1S/C13H16O4/c1-4-16-13(15)11-8(3)17-10-6-7(2)5-9(14)12(10)11/h7H,4-6H2,1-3H3. The number of ether oxygens (including phenoxy) is 1. The molecular formula is C13H16O4. The Kier molecular flexibility index (Phi) is 3.05. The summed E-state index contributed by atoms with van der Waals surface area (Å²) < 4.78 is 10.5. The minimum Gasteiger partial charge on any atom is -0.465 e. The Hall–Kier alpha value is -1.58. The van der Waals surface area contributed by atoms with E-state index in [1.54, 1.807) is 13.8 Å². The number of fused-ring (bicyclic) bond motifs is 1. The van der Waals surface area contributed by atoms with Gasteiger partial charge in [-0.25, -0.2) is 4.79 Å². The number of aryl methyl sites for hydroxylation is 1. The SMILES string of the molecule is CCOC(=O)c1c(C)oc2c1C(=O)CC(C)C2. The second-order valence-electron chi connectivity index (χ2n) is 4.49. The van der Waals surface area contributed by atoms with Gasteiger partial charge in [0.05, 0.1) is 12.2 Å². The van der Waals surface area contributed by atoms with Crippen molar-refractivity contribution in [2.24, 2.45) is 5.92 Å². The number of Topliss-reactive ketones (excluding diaryl/α,β-unsaturated/α-hetero) is 1. The van der Waals surface area contributed by atoms with Crippen LogP contribution in [0.5, 0.6) is 0 Å². The van der Waals surface area contributed by atoms with Crippen LogP contribution in [0.4, 0.5) is 0 Å². The summed E-state index contributed by atoms with van der Waals surface area (Å²) in [7, 11) is 0. The van der Waals surface area contributed by atoms with Crippen LogP contribution < -0.4 is 0 Å². The molecule has 1 aliphatic rings. The number of hydrogen-bond acceptors (Lipinski definition) is 4. The van der Waals surface area contributed by atoms with Crippen molar-refractivity contribution >= 4 is 11.8 Å². The van der Waals surface area contributed by atoms with E-state index in [4.69, 9.17) is 9.15 Å². The molecule has 0 saturated carbocycles. The van der Waals surface area contributed by atoms with Crippen molar-refractivity contribution in [1.29, 1.82) is 0 Å². The maximum Gasteiger partial charge on any atom is 0.342 e. The summed E-state index contributed by atoms with van der Waals surface area (Å²) in [4.78, 5) is 23.8. The van der Waals surface area contributed by atoms with Crippen LogP contribution in [0.15, 0.2) is 4.42 Å². The average molecular weight is 236 g/mol. The monoisotopic (exact) mass is 236 g/mol. The van der Waals surface area contributed by atoms with E-state index in [9.17, 15) is 9.59 Å². The molecule has 4 heteroatoms. The normalized spacial score (nSPS) is 19.0. The highest BCUT2D eigenvalue weighted by molar-refractivity contribution is 6.08. The van der Waals surface area contributed by atoms with Crippen LogP contribution in [0.2, 0.25) is 0 Å². The van der Waals surface area contributed by atoms with Gasteiger partial charge in [0.15, 0.2) is 5.78 Å². The number of ketones is 1. The van der Waals surface area contributed by atoms with E-state index in [2.05, 4.69) is 0 Å². The Bertz CT molecular complexity index is 470. The summed E-state index contributed by atoms with van der Waals surface area (Å²) >= 11 is 0. The molecule has 0 amide bonds. The first-order valence-electron chi connectivity index (χ1n) is 5.87. The fourth-order valence-electron chi connectivity index (χ4n) is 2.30. The summed E-state index contributed by atoms with van der Waals surface area (Å²) in [6.45, 7) is 5.73. The molecule has 1 heterocycles. The predicted octanol–water partition coefficient (Wildman–Crippen LogP) is 2.53. The van der Waals surface area contributed by atoms with Crippen molar-refractivity contribution in [3.05, 3.63) is 22.6 Å². The summed E-state index contributed by atoms with van der Waals surface area (Å²) in [5, 5.41) is 0. The lowest BCUT2D eigenvalue weighted by molar-refractivity contribution is 0.0521. The van der Waals surface area contributed by atoms with Crippen molar-refractivity contribution in [3.63, 3.8) is 0 Å². The Labute approximate surface area is 99.9 Å². The number of furan rings is 1. The summed E-state index contributed by atoms with van der Waals surface area (Å²) in [6, 6.07) is 0. The van der Waals surface area contributed by atoms with E-state index < -0.39 is 5.97 Å². The molecule has 1 aromatic rings. The van der Waals surface area contributed by atoms with E-state index in [0.717, 1.165) is 0 Å². The zero-order chi connectivity index (χ0) is 12.6. The van der Waals surface area contributed by atoms with Gasteiger partial charge in [-0.1, -0.05) is 6.92 Å². The van der Waals surface area contributed by atoms with Gasteiger partial charge in [-0.3, -0.25) is 4.79 Å². The Balaban J connectivity index is 2.48. The molecule has 17 heavy (non-hydrogen) atoms. The third-order valence-electron chi connectivity index (χ3n) is 2.98. The highest BCUT2D eigenvalue weighted by atomic mass is 16.5. The summed E-state index contributed by atoms with van der Waals surface area (Å²) in [6.07, 6.45) is 1.18. The largest absolute Gasteiger partial charge is 0.465 e. The molecule has 0 fully saturated rings. The van der Waals surface area contributed by atoms with Crippen molar-refractivity contribution in [2.75, 3.05) is 6.61 Å². The quantitative estimate of drug-likeness (QED) is 0.740. The van der Waals surface area contributed by atoms with Gasteiger partial charge in [0, 0.05) is 12.8 Å². The van der Waals surface area contributed by atoms with Gasteiger partial charge in [-0.2, -0.15) is 0 Å². The van der Waals surface area contributed by atoms with Gasteiger partial charge in [-0.15, -0.1) is 0 Å². The van der Waals surface area contributed by atoms with Crippen LogP contribution in [0, 0.1) is 12.8 Å². The molecule has 1 unspecified atom stereocenters. The van der Waals surface area contributed by atoms with Gasteiger partial charge in [0.25, 0.3) is 0 Å². The lowest BCUT2D eigenvalue weighted by Gasteiger charge is -2.16. The first-order valence-corrected chi connectivity index (χ1v) is 5.87. The van der Waals surface area contributed by atoms with Crippen molar-refractivity contribution in [2.45, 2.75) is 33.6 Å². The summed E-state index contributed by atoms with van der Waals surface area (Å²) in [5.74, 6) is 0.914. The third-order valence-corrected chi connectivity index (χ3v) is 2.98. The van der Waals surface area contributed by atoms with E-state index in [1.807, 2.05) is 6.92 Å². The summed E-state index contributed by atoms with van der Waals surface area (Å²) in [5.41, 5.74) is 0.762. The van der Waals surface area contributed by atoms with E-state index in [1.165, 1.54) is 0 Å². The molecule has 0 saturated heterocycles. The van der Waals surface area contributed by atoms with Crippen LogP contribution in [0.3, 0.4) is 0 Å². The molecule has 0 aliphatic heterocycles. The van der Waals surface area contributed by atoms with Gasteiger partial charge < -0.3 is 9.15 Å². The highest BCUT2D eigenvalue weighted by Gasteiger charge is 2.33. The van der Waals surface area contributed by atoms with Gasteiger partial charge in [-0.05, 0) is 19.8 Å². The van der Waals surface area contributed by atoms with E-state index in [0.29, 0.717) is 42.1 Å². The minimum atomic E-state index is -0.460. The van der Waals surface area contributed by atoms with Crippen LogP contribution in [-0.4, -0.2) is 18.4 Å². The van der Waals surface area contributed by atoms with Crippen molar-refractivity contribution < 1.29 is 18.7 Å². The van der Waals surface area contributed by atoms with Gasteiger partial charge in [0.2, 0.25) is 0 Å². The number of hydrogen-bond donors (Lipinski definition) is 0. The average Bonchev–Trinajstić information content (AvgIpc) is 2.54. The zero-order valence-corrected chi connectivity index (χ0v) is 10.3. The second-order valence-corrected chi connectivity index (χ2v) is 4.49. The van der Waals surface area contributed by atoms with Crippen LogP contribution in [0.25, 0.3) is 0 Å². The second kappa shape index (κ2) is 4.35. The van der Waals surface area contributed by atoms with Gasteiger partial charge >= 0.3 is 5.97 Å². The number of carbonyl (C=O) groups excluding carboxylic acids is 2. The minimum absolute atomic E-state index is 0.0151. The fraction of sp³-hybridized carbons (Fsp3) is 0.538. The third kappa shape index (κ3) is 1.99.